The topological polar surface area (TPSA) is 99.2 Å². The number of methoxy groups -OCH3 is 1. The minimum atomic E-state index is -0.899. The summed E-state index contributed by atoms with van der Waals surface area (Å²) in [5.74, 6) is -0.0242. The van der Waals surface area contributed by atoms with Gasteiger partial charge in [-0.1, -0.05) is 18.2 Å². The van der Waals surface area contributed by atoms with Crippen molar-refractivity contribution in [3.05, 3.63) is 63.8 Å². The Balaban J connectivity index is 2.20. The fourth-order valence-electron chi connectivity index (χ4n) is 4.15. The van der Waals surface area contributed by atoms with Gasteiger partial charge >= 0.3 is 5.97 Å². The summed E-state index contributed by atoms with van der Waals surface area (Å²) in [7, 11) is 1.38. The zero-order valence-electron chi connectivity index (χ0n) is 18.4. The van der Waals surface area contributed by atoms with Gasteiger partial charge in [-0.05, 0) is 74.4 Å². The molecular weight excluding hydrogens is 378 g/mol. The monoisotopic (exact) mass is 409 g/mol. The molecule has 0 aliphatic heterocycles. The number of aliphatic hydroxyl groups excluding tert-OH is 1. The van der Waals surface area contributed by atoms with Crippen LogP contribution in [0.1, 0.15) is 60.4 Å². The van der Waals surface area contributed by atoms with Crippen molar-refractivity contribution < 1.29 is 14.6 Å². The molecular formula is C24H31N3O3. The minimum absolute atomic E-state index is 0.0823. The number of carbonyl (C=O) groups is 1. The van der Waals surface area contributed by atoms with E-state index in [2.05, 4.69) is 0 Å². The van der Waals surface area contributed by atoms with Gasteiger partial charge in [0.25, 0.3) is 0 Å². The van der Waals surface area contributed by atoms with E-state index >= 15 is 0 Å². The third-order valence-corrected chi connectivity index (χ3v) is 6.28. The number of hydrogen-bond acceptors (Lipinski definition) is 5. The number of esters is 1. The van der Waals surface area contributed by atoms with Gasteiger partial charge in [-0.2, -0.15) is 0 Å². The van der Waals surface area contributed by atoms with Crippen LogP contribution in [0.3, 0.4) is 0 Å². The van der Waals surface area contributed by atoms with Gasteiger partial charge in [-0.3, -0.25) is 20.2 Å². The van der Waals surface area contributed by atoms with Crippen LogP contribution in [0.5, 0.6) is 0 Å². The van der Waals surface area contributed by atoms with Gasteiger partial charge in [0.2, 0.25) is 0 Å². The highest BCUT2D eigenvalue weighted by Crippen LogP contribution is 2.43. The molecule has 6 nitrogen and oxygen atoms in total. The lowest BCUT2D eigenvalue weighted by molar-refractivity contribution is -0.151. The van der Waals surface area contributed by atoms with E-state index in [9.17, 15) is 9.90 Å². The van der Waals surface area contributed by atoms with Crippen LogP contribution < -0.4 is 5.49 Å². The molecule has 2 aromatic rings. The van der Waals surface area contributed by atoms with Gasteiger partial charge < -0.3 is 9.84 Å². The Morgan fingerprint density at radius 2 is 1.97 bits per heavy atom. The van der Waals surface area contributed by atoms with E-state index < -0.39 is 5.41 Å². The van der Waals surface area contributed by atoms with E-state index in [1.54, 1.807) is 10.8 Å². The molecule has 1 aromatic heterocycles. The average Bonchev–Trinajstić information content (AvgIpc) is 3.56. The zero-order valence-corrected chi connectivity index (χ0v) is 18.4. The van der Waals surface area contributed by atoms with Crippen LogP contribution in [-0.4, -0.2) is 28.6 Å². The van der Waals surface area contributed by atoms with Gasteiger partial charge in [0.05, 0.1) is 19.1 Å². The summed E-state index contributed by atoms with van der Waals surface area (Å²) in [5, 5.41) is 26.8. The number of pyridine rings is 1. The van der Waals surface area contributed by atoms with Crippen molar-refractivity contribution in [2.24, 2.45) is 11.3 Å². The standard InChI is InChI=1S/C24H31N3O3/c1-14-6-7-17(12-18(14)13-28)20(24(3,4)23(29)30-5)19-10-11-27(21(25)15(19)2)22(26)16-8-9-16/h6-7,10-12,16,20,25-26,28H,8-9,13H2,1-5H3/t20-/m1/s1. The van der Waals surface area contributed by atoms with Gasteiger partial charge in [-0.15, -0.1) is 0 Å². The Kier molecular flexibility index (Phi) is 5.99. The lowest BCUT2D eigenvalue weighted by Gasteiger charge is -2.34. The minimum Gasteiger partial charge on any atom is -0.469 e. The molecule has 6 heteroatoms. The van der Waals surface area contributed by atoms with Gasteiger partial charge in [0, 0.05) is 18.0 Å². The van der Waals surface area contributed by atoms with Crippen LogP contribution in [0, 0.1) is 36.0 Å². The fraction of sp³-hybridized carbons (Fsp3) is 0.458. The van der Waals surface area contributed by atoms with E-state index in [0.717, 1.165) is 40.7 Å². The highest BCUT2D eigenvalue weighted by atomic mass is 16.5. The van der Waals surface area contributed by atoms with Crippen molar-refractivity contribution in [3.63, 3.8) is 0 Å². The van der Waals surface area contributed by atoms with E-state index in [4.69, 9.17) is 15.6 Å². The number of nitrogens with zero attached hydrogens (tertiary/aromatic N) is 1. The molecule has 0 amide bonds. The lowest BCUT2D eigenvalue weighted by atomic mass is 9.70. The van der Waals surface area contributed by atoms with E-state index in [-0.39, 0.29) is 29.9 Å². The molecule has 1 saturated carbocycles. The number of ether oxygens (including phenoxy) is 1. The van der Waals surface area contributed by atoms with Crippen molar-refractivity contribution in [2.45, 2.75) is 53.1 Å². The number of aliphatic hydroxyl groups is 1. The second-order valence-corrected chi connectivity index (χ2v) is 8.76. The molecule has 160 valence electrons. The van der Waals surface area contributed by atoms with Crippen LogP contribution in [0.2, 0.25) is 0 Å². The number of carbonyl (C=O) groups excluding carboxylic acids is 1. The number of benzene rings is 1. The molecule has 1 fully saturated rings. The highest BCUT2D eigenvalue weighted by Gasteiger charge is 2.41. The molecule has 1 aliphatic rings. The lowest BCUT2D eigenvalue weighted by Crippen LogP contribution is -2.36. The first-order chi connectivity index (χ1) is 14.1. The maximum atomic E-state index is 12.8. The van der Waals surface area contributed by atoms with Crippen LogP contribution in [0.4, 0.5) is 0 Å². The molecule has 0 saturated heterocycles. The van der Waals surface area contributed by atoms with Crippen molar-refractivity contribution in [1.29, 1.82) is 10.8 Å². The Bertz CT molecular complexity index is 1050. The summed E-state index contributed by atoms with van der Waals surface area (Å²) in [6, 6.07) is 7.77. The summed E-state index contributed by atoms with van der Waals surface area (Å²) in [6.07, 6.45) is 3.77. The number of aryl methyl sites for hydroxylation is 1. The average molecular weight is 410 g/mol. The molecule has 0 bridgehead atoms. The predicted molar refractivity (Wildman–Crippen MR) is 116 cm³/mol. The highest BCUT2D eigenvalue weighted by molar-refractivity contribution is 5.86. The van der Waals surface area contributed by atoms with Crippen molar-refractivity contribution in [1.82, 2.24) is 4.57 Å². The quantitative estimate of drug-likeness (QED) is 0.386. The number of hydrogen-bond donors (Lipinski definition) is 3. The molecule has 3 rings (SSSR count). The first kappa shape index (κ1) is 22.0. The maximum Gasteiger partial charge on any atom is 0.312 e. The number of rotatable bonds is 6. The maximum absolute atomic E-state index is 12.8. The van der Waals surface area contributed by atoms with E-state index in [0.29, 0.717) is 5.84 Å². The van der Waals surface area contributed by atoms with Crippen molar-refractivity contribution in [2.75, 3.05) is 7.11 Å². The Hall–Kier alpha value is -2.73. The van der Waals surface area contributed by atoms with E-state index in [1.807, 2.05) is 52.0 Å². The molecule has 0 radical (unpaired) electrons. The Morgan fingerprint density at radius 3 is 2.53 bits per heavy atom. The number of aromatic nitrogens is 1. The summed E-state index contributed by atoms with van der Waals surface area (Å²) in [4.78, 5) is 12.8. The molecule has 1 atom stereocenters. The molecule has 0 spiro atoms. The first-order valence-electron chi connectivity index (χ1n) is 10.3. The molecule has 1 heterocycles. The molecule has 3 N–H and O–H groups in total. The molecule has 0 unspecified atom stereocenters. The van der Waals surface area contributed by atoms with Crippen LogP contribution >= 0.6 is 0 Å². The van der Waals surface area contributed by atoms with Gasteiger partial charge in [0.15, 0.2) is 0 Å². The Labute approximate surface area is 177 Å². The van der Waals surface area contributed by atoms with Crippen molar-refractivity contribution >= 4 is 11.8 Å². The second-order valence-electron chi connectivity index (χ2n) is 8.76. The first-order valence-corrected chi connectivity index (χ1v) is 10.3. The van der Waals surface area contributed by atoms with Gasteiger partial charge in [0.1, 0.15) is 11.3 Å². The SMILES string of the molecule is COC(=O)C(C)(C)[C@H](c1ccc(C)c(CO)c1)c1ccn(C(=N)C2CC2)c(=N)c1C. The van der Waals surface area contributed by atoms with Crippen LogP contribution in [0.15, 0.2) is 30.5 Å². The molecule has 30 heavy (non-hydrogen) atoms. The normalized spacial score (nSPS) is 15.0. The van der Waals surface area contributed by atoms with Crippen LogP contribution in [-0.2, 0) is 16.1 Å². The molecule has 1 aromatic carbocycles. The van der Waals surface area contributed by atoms with E-state index in [1.165, 1.54) is 7.11 Å². The van der Waals surface area contributed by atoms with Gasteiger partial charge in [-0.25, -0.2) is 0 Å². The summed E-state index contributed by atoms with van der Waals surface area (Å²) >= 11 is 0. The predicted octanol–water partition coefficient (Wildman–Crippen LogP) is 3.64. The third kappa shape index (κ3) is 3.84. The summed E-state index contributed by atoms with van der Waals surface area (Å²) in [6.45, 7) is 7.42. The summed E-state index contributed by atoms with van der Waals surface area (Å²) in [5.41, 5.74) is 3.63. The van der Waals surface area contributed by atoms with Crippen molar-refractivity contribution in [3.8, 4) is 0 Å². The molecule has 1 aliphatic carbocycles. The summed E-state index contributed by atoms with van der Waals surface area (Å²) < 4.78 is 6.75. The largest absolute Gasteiger partial charge is 0.469 e. The number of nitrogens with one attached hydrogen (secondary N) is 2. The zero-order chi connectivity index (χ0) is 22.2. The Morgan fingerprint density at radius 1 is 1.30 bits per heavy atom. The smallest absolute Gasteiger partial charge is 0.312 e. The fourth-order valence-corrected chi connectivity index (χ4v) is 4.15. The second kappa shape index (κ2) is 8.19. The third-order valence-electron chi connectivity index (χ3n) is 6.28. The van der Waals surface area contributed by atoms with Crippen LogP contribution in [0.25, 0.3) is 0 Å².